The molecule has 0 spiro atoms. The lowest BCUT2D eigenvalue weighted by Crippen LogP contribution is -2.39. The van der Waals surface area contributed by atoms with Crippen LogP contribution in [0.15, 0.2) is 27.8 Å². The second-order valence-electron chi connectivity index (χ2n) is 7.68. The van der Waals surface area contributed by atoms with Crippen molar-refractivity contribution in [1.29, 1.82) is 5.26 Å². The Labute approximate surface area is 179 Å². The standard InChI is InChI=1S/C21H19FN4O4S/c1-29-15-7-12(10(9-23)5-13(15)22)17-8-14-18(31-17)20(27)26(21(28)25-14)11-3-2-4-24-19-16(6-11)30-19/h5,7-8,11,16,19,24H,2-4,6H2,1H3,(H,25,28)/t11-,16?,19?/m1/s1. The van der Waals surface area contributed by atoms with Crippen molar-refractivity contribution in [2.75, 3.05) is 13.7 Å². The lowest BCUT2D eigenvalue weighted by atomic mass is 10.0. The molecule has 0 amide bonds. The number of methoxy groups -OCH3 is 1. The van der Waals surface area contributed by atoms with Gasteiger partial charge in [-0.05, 0) is 44.0 Å². The number of nitriles is 1. The molecule has 10 heteroatoms. The molecule has 4 heterocycles. The van der Waals surface area contributed by atoms with Crippen LogP contribution in [0.5, 0.6) is 5.75 Å². The number of aromatic amines is 1. The summed E-state index contributed by atoms with van der Waals surface area (Å²) in [5.74, 6) is -0.640. The number of halogens is 1. The number of fused-ring (bicyclic) bond motifs is 2. The van der Waals surface area contributed by atoms with Gasteiger partial charge >= 0.3 is 5.69 Å². The number of thiophene rings is 1. The maximum absolute atomic E-state index is 14.0. The van der Waals surface area contributed by atoms with Crippen molar-refractivity contribution in [3.8, 4) is 22.3 Å². The van der Waals surface area contributed by atoms with Crippen LogP contribution in [0.25, 0.3) is 20.7 Å². The summed E-state index contributed by atoms with van der Waals surface area (Å²) in [4.78, 5) is 29.5. The van der Waals surface area contributed by atoms with Gasteiger partial charge in [-0.1, -0.05) is 0 Å². The van der Waals surface area contributed by atoms with Gasteiger partial charge in [0.1, 0.15) is 17.0 Å². The SMILES string of the molecule is COc1cc(-c2cc3[nH]c(=O)n([C@@H]4CCCNC5OC5C4)c(=O)c3s2)c(C#N)cc1F. The third kappa shape index (κ3) is 3.44. The minimum Gasteiger partial charge on any atom is -0.494 e. The van der Waals surface area contributed by atoms with E-state index in [0.29, 0.717) is 33.5 Å². The Kier molecular flexibility index (Phi) is 4.89. The van der Waals surface area contributed by atoms with Gasteiger partial charge in [-0.25, -0.2) is 9.18 Å². The van der Waals surface area contributed by atoms with Crippen LogP contribution in [-0.4, -0.2) is 35.5 Å². The first-order valence-electron chi connectivity index (χ1n) is 9.95. The molecule has 8 nitrogen and oxygen atoms in total. The van der Waals surface area contributed by atoms with Crippen LogP contribution in [0.4, 0.5) is 4.39 Å². The highest BCUT2D eigenvalue weighted by Gasteiger charge is 2.41. The van der Waals surface area contributed by atoms with Gasteiger partial charge < -0.3 is 14.5 Å². The number of aromatic nitrogens is 2. The van der Waals surface area contributed by atoms with Gasteiger partial charge in [0.15, 0.2) is 11.6 Å². The largest absolute Gasteiger partial charge is 0.494 e. The molecule has 3 atom stereocenters. The number of rotatable bonds is 3. The fourth-order valence-corrected chi connectivity index (χ4v) is 5.28. The molecule has 0 aliphatic carbocycles. The van der Waals surface area contributed by atoms with Crippen LogP contribution in [0.3, 0.4) is 0 Å². The normalized spacial score (nSPS) is 22.9. The van der Waals surface area contributed by atoms with E-state index in [0.717, 1.165) is 30.4 Å². The van der Waals surface area contributed by atoms with E-state index in [1.807, 2.05) is 6.07 Å². The van der Waals surface area contributed by atoms with Gasteiger partial charge in [0.25, 0.3) is 5.56 Å². The number of H-pyrrole nitrogens is 1. The highest BCUT2D eigenvalue weighted by Crippen LogP contribution is 2.37. The molecule has 2 aromatic heterocycles. The van der Waals surface area contributed by atoms with Crippen molar-refractivity contribution < 1.29 is 13.9 Å². The van der Waals surface area contributed by atoms with E-state index in [1.54, 1.807) is 6.07 Å². The summed E-state index contributed by atoms with van der Waals surface area (Å²) in [5, 5.41) is 12.7. The Bertz CT molecular complexity index is 1340. The smallest absolute Gasteiger partial charge is 0.329 e. The van der Waals surface area contributed by atoms with Crippen molar-refractivity contribution >= 4 is 21.6 Å². The molecule has 2 fully saturated rings. The summed E-state index contributed by atoms with van der Waals surface area (Å²) in [6.07, 6.45) is 2.14. The van der Waals surface area contributed by atoms with Gasteiger partial charge in [-0.2, -0.15) is 5.26 Å². The third-order valence-corrected chi connectivity index (χ3v) is 6.95. The van der Waals surface area contributed by atoms with Crippen LogP contribution < -0.4 is 21.3 Å². The Morgan fingerprint density at radius 3 is 2.97 bits per heavy atom. The molecule has 5 rings (SSSR count). The Morgan fingerprint density at radius 1 is 1.35 bits per heavy atom. The zero-order chi connectivity index (χ0) is 21.7. The summed E-state index contributed by atoms with van der Waals surface area (Å²) >= 11 is 1.16. The van der Waals surface area contributed by atoms with Gasteiger partial charge in [0.2, 0.25) is 0 Å². The summed E-state index contributed by atoms with van der Waals surface area (Å²) in [6.45, 7) is 0.777. The van der Waals surface area contributed by atoms with Gasteiger partial charge in [0.05, 0.1) is 24.3 Å². The first-order valence-corrected chi connectivity index (χ1v) is 10.8. The van der Waals surface area contributed by atoms with Gasteiger partial charge in [-0.15, -0.1) is 11.3 Å². The lowest BCUT2D eigenvalue weighted by Gasteiger charge is -2.19. The number of epoxide rings is 1. The molecule has 1 aromatic carbocycles. The molecular formula is C21H19FN4O4S. The Hall–Kier alpha value is -3.00. The first-order chi connectivity index (χ1) is 15.0. The van der Waals surface area contributed by atoms with Crippen LogP contribution in [0, 0.1) is 17.1 Å². The molecule has 0 saturated carbocycles. The highest BCUT2D eigenvalue weighted by molar-refractivity contribution is 7.22. The van der Waals surface area contributed by atoms with Crippen molar-refractivity contribution in [2.24, 2.45) is 0 Å². The van der Waals surface area contributed by atoms with Crippen LogP contribution in [0.1, 0.15) is 30.9 Å². The predicted molar refractivity (Wildman–Crippen MR) is 113 cm³/mol. The zero-order valence-electron chi connectivity index (χ0n) is 16.6. The maximum Gasteiger partial charge on any atom is 0.329 e. The molecule has 2 N–H and O–H groups in total. The molecule has 2 aliphatic heterocycles. The first kappa shape index (κ1) is 19.9. The molecular weight excluding hydrogens is 423 g/mol. The number of hydrogen-bond acceptors (Lipinski definition) is 7. The number of nitrogens with one attached hydrogen (secondary N) is 2. The Balaban J connectivity index is 1.62. The topological polar surface area (TPSA) is 112 Å². The molecule has 0 bridgehead atoms. The third-order valence-electron chi connectivity index (χ3n) is 5.80. The van der Waals surface area contributed by atoms with E-state index in [-0.39, 0.29) is 35.2 Å². The second-order valence-corrected chi connectivity index (χ2v) is 8.74. The van der Waals surface area contributed by atoms with Crippen molar-refractivity contribution in [2.45, 2.75) is 37.6 Å². The van der Waals surface area contributed by atoms with Crippen LogP contribution in [-0.2, 0) is 4.74 Å². The van der Waals surface area contributed by atoms with Crippen molar-refractivity contribution in [1.82, 2.24) is 14.9 Å². The second kappa shape index (κ2) is 7.60. The summed E-state index contributed by atoms with van der Waals surface area (Å²) in [6, 6.07) is 5.91. The van der Waals surface area contributed by atoms with Crippen molar-refractivity contribution in [3.05, 3.63) is 50.4 Å². The molecule has 2 unspecified atom stereocenters. The minimum absolute atomic E-state index is 0.000483. The number of benzene rings is 1. The Morgan fingerprint density at radius 2 is 2.19 bits per heavy atom. The monoisotopic (exact) mass is 442 g/mol. The average molecular weight is 442 g/mol. The fraction of sp³-hybridized carbons (Fsp3) is 0.381. The van der Waals surface area contributed by atoms with Crippen molar-refractivity contribution in [3.63, 3.8) is 0 Å². The van der Waals surface area contributed by atoms with E-state index in [1.165, 1.54) is 17.7 Å². The summed E-state index contributed by atoms with van der Waals surface area (Å²) < 4.78 is 26.3. The summed E-state index contributed by atoms with van der Waals surface area (Å²) in [7, 11) is 1.34. The number of hydrogen-bond donors (Lipinski definition) is 2. The molecule has 0 radical (unpaired) electrons. The molecule has 31 heavy (non-hydrogen) atoms. The van der Waals surface area contributed by atoms with Gasteiger partial charge in [-0.3, -0.25) is 14.7 Å². The quantitative estimate of drug-likeness (QED) is 0.603. The predicted octanol–water partition coefficient (Wildman–Crippen LogP) is 2.48. The molecule has 2 aliphatic rings. The van der Waals surface area contributed by atoms with E-state index in [9.17, 15) is 19.2 Å². The maximum atomic E-state index is 14.0. The molecule has 160 valence electrons. The lowest BCUT2D eigenvalue weighted by molar-refractivity contribution is 0.323. The van der Waals surface area contributed by atoms with Gasteiger partial charge in [0, 0.05) is 16.5 Å². The fourth-order valence-electron chi connectivity index (χ4n) is 4.19. The molecule has 3 aromatic rings. The number of nitrogens with zero attached hydrogens (tertiary/aromatic N) is 2. The van der Waals surface area contributed by atoms with Crippen LogP contribution >= 0.6 is 11.3 Å². The van der Waals surface area contributed by atoms with E-state index >= 15 is 0 Å². The minimum atomic E-state index is -0.640. The number of ether oxygens (including phenoxy) is 2. The van der Waals surface area contributed by atoms with E-state index in [2.05, 4.69) is 10.3 Å². The van der Waals surface area contributed by atoms with E-state index in [4.69, 9.17) is 9.47 Å². The zero-order valence-corrected chi connectivity index (χ0v) is 17.4. The summed E-state index contributed by atoms with van der Waals surface area (Å²) in [5.41, 5.74) is 0.136. The highest BCUT2D eigenvalue weighted by atomic mass is 32.1. The van der Waals surface area contributed by atoms with E-state index < -0.39 is 11.5 Å². The average Bonchev–Trinajstić information content (AvgIpc) is 3.30. The molecule has 2 saturated heterocycles. The van der Waals surface area contributed by atoms with Crippen LogP contribution in [0.2, 0.25) is 0 Å².